The molecule has 0 spiro atoms. The van der Waals surface area contributed by atoms with Gasteiger partial charge in [-0.1, -0.05) is 13.8 Å². The third kappa shape index (κ3) is 3.46. The molecule has 2 N–H and O–H groups in total. The van der Waals surface area contributed by atoms with Gasteiger partial charge in [-0.15, -0.1) is 0 Å². The van der Waals surface area contributed by atoms with Gasteiger partial charge in [0, 0.05) is 31.2 Å². The topological polar surface area (TPSA) is 74.3 Å². The molecule has 3 amide bonds. The Bertz CT molecular complexity index is 475. The number of carbonyl (C=O) groups is 2. The molecular weight excluding hydrogens is 256 g/mol. The van der Waals surface area contributed by atoms with Gasteiger partial charge in [0.15, 0.2) is 0 Å². The summed E-state index contributed by atoms with van der Waals surface area (Å²) in [6, 6.07) is 2.81. The van der Waals surface area contributed by atoms with Crippen LogP contribution in [0.1, 0.15) is 20.3 Å². The molecule has 108 valence electrons. The van der Waals surface area contributed by atoms with Crippen LogP contribution < -0.4 is 10.6 Å². The van der Waals surface area contributed by atoms with Crippen molar-refractivity contribution in [3.8, 4) is 0 Å². The number of piperazine rings is 1. The molecule has 2 heterocycles. The van der Waals surface area contributed by atoms with Crippen LogP contribution in [-0.4, -0.2) is 41.0 Å². The van der Waals surface area contributed by atoms with Gasteiger partial charge in [0.2, 0.25) is 5.91 Å². The van der Waals surface area contributed by atoms with Crippen molar-refractivity contribution in [2.45, 2.75) is 26.3 Å². The summed E-state index contributed by atoms with van der Waals surface area (Å²) in [5.41, 5.74) is 0.680. The van der Waals surface area contributed by atoms with E-state index in [1.165, 1.54) is 0 Å². The summed E-state index contributed by atoms with van der Waals surface area (Å²) in [7, 11) is 0. The first kappa shape index (κ1) is 14.3. The summed E-state index contributed by atoms with van der Waals surface area (Å²) in [6.07, 6.45) is 3.89. The Labute approximate surface area is 118 Å². The molecule has 20 heavy (non-hydrogen) atoms. The van der Waals surface area contributed by atoms with Crippen molar-refractivity contribution in [3.05, 3.63) is 24.5 Å². The zero-order valence-electron chi connectivity index (χ0n) is 11.8. The van der Waals surface area contributed by atoms with Gasteiger partial charge in [-0.3, -0.25) is 9.78 Å². The molecule has 1 saturated heterocycles. The van der Waals surface area contributed by atoms with Gasteiger partial charge in [-0.25, -0.2) is 4.79 Å². The SMILES string of the molecule is CC(C)C[C@H]1C(=O)NCCN1C(=O)Nc1ccncc1. The first-order valence-electron chi connectivity index (χ1n) is 6.83. The summed E-state index contributed by atoms with van der Waals surface area (Å²) < 4.78 is 0. The number of amides is 3. The standard InChI is InChI=1S/C14H20N4O2/c1-10(2)9-12-13(19)16-7-8-18(12)14(20)17-11-3-5-15-6-4-11/h3-6,10,12H,7-9H2,1-2H3,(H,16,19)(H,15,17,20)/t12-/m0/s1. The van der Waals surface area contributed by atoms with Crippen LogP contribution in [0.25, 0.3) is 0 Å². The summed E-state index contributed by atoms with van der Waals surface area (Å²) in [4.78, 5) is 29.8. The Morgan fingerprint density at radius 3 is 2.85 bits per heavy atom. The molecule has 0 unspecified atom stereocenters. The second-order valence-electron chi connectivity index (χ2n) is 5.30. The molecule has 1 atom stereocenters. The predicted molar refractivity (Wildman–Crippen MR) is 76.2 cm³/mol. The molecule has 0 saturated carbocycles. The number of aromatic nitrogens is 1. The maximum absolute atomic E-state index is 12.3. The molecule has 0 bridgehead atoms. The summed E-state index contributed by atoms with van der Waals surface area (Å²) >= 11 is 0. The molecule has 1 aliphatic rings. The minimum Gasteiger partial charge on any atom is -0.353 e. The number of anilines is 1. The van der Waals surface area contributed by atoms with Crippen LogP contribution in [0.4, 0.5) is 10.5 Å². The minimum absolute atomic E-state index is 0.0742. The van der Waals surface area contributed by atoms with Crippen molar-refractivity contribution in [1.29, 1.82) is 0 Å². The number of hydrogen-bond donors (Lipinski definition) is 2. The maximum atomic E-state index is 12.3. The monoisotopic (exact) mass is 276 g/mol. The molecule has 6 heteroatoms. The molecule has 0 aromatic carbocycles. The van der Waals surface area contributed by atoms with Gasteiger partial charge in [0.1, 0.15) is 6.04 Å². The Morgan fingerprint density at radius 1 is 1.50 bits per heavy atom. The van der Waals surface area contributed by atoms with Crippen LogP contribution in [0.2, 0.25) is 0 Å². The number of nitrogens with one attached hydrogen (secondary N) is 2. The first-order chi connectivity index (χ1) is 9.58. The molecule has 0 radical (unpaired) electrons. The molecule has 1 fully saturated rings. The van der Waals surface area contributed by atoms with E-state index in [-0.39, 0.29) is 11.9 Å². The summed E-state index contributed by atoms with van der Waals surface area (Å²) in [5, 5.41) is 5.62. The fraction of sp³-hybridized carbons (Fsp3) is 0.500. The molecule has 1 aromatic rings. The highest BCUT2D eigenvalue weighted by Gasteiger charge is 2.33. The fourth-order valence-electron chi connectivity index (χ4n) is 2.27. The van der Waals surface area contributed by atoms with Gasteiger partial charge in [-0.2, -0.15) is 0 Å². The summed E-state index contributed by atoms with van der Waals surface area (Å²) in [5.74, 6) is 0.273. The molecular formula is C14H20N4O2. The second kappa shape index (κ2) is 6.36. The summed E-state index contributed by atoms with van der Waals surface area (Å²) in [6.45, 7) is 5.11. The fourth-order valence-corrected chi connectivity index (χ4v) is 2.27. The Balaban J connectivity index is 2.07. The molecule has 2 rings (SSSR count). The van der Waals surface area contributed by atoms with Crippen molar-refractivity contribution >= 4 is 17.6 Å². The van der Waals surface area contributed by atoms with Gasteiger partial charge in [0.25, 0.3) is 0 Å². The predicted octanol–water partition coefficient (Wildman–Crippen LogP) is 1.46. The third-order valence-corrected chi connectivity index (χ3v) is 3.22. The number of urea groups is 1. The Morgan fingerprint density at radius 2 is 2.20 bits per heavy atom. The van der Waals surface area contributed by atoms with Gasteiger partial charge in [-0.05, 0) is 24.5 Å². The second-order valence-corrected chi connectivity index (χ2v) is 5.30. The lowest BCUT2D eigenvalue weighted by Crippen LogP contribution is -2.58. The normalized spacial score (nSPS) is 18.9. The van der Waals surface area contributed by atoms with Crippen LogP contribution in [0, 0.1) is 5.92 Å². The third-order valence-electron chi connectivity index (χ3n) is 3.22. The average molecular weight is 276 g/mol. The van der Waals surface area contributed by atoms with Crippen molar-refractivity contribution in [3.63, 3.8) is 0 Å². The van der Waals surface area contributed by atoms with Crippen molar-refractivity contribution in [1.82, 2.24) is 15.2 Å². The van der Waals surface area contributed by atoms with E-state index in [0.717, 1.165) is 0 Å². The van der Waals surface area contributed by atoms with Gasteiger partial charge < -0.3 is 15.5 Å². The van der Waals surface area contributed by atoms with E-state index in [2.05, 4.69) is 15.6 Å². The number of nitrogens with zero attached hydrogens (tertiary/aromatic N) is 2. The maximum Gasteiger partial charge on any atom is 0.322 e. The molecule has 1 aromatic heterocycles. The molecule has 1 aliphatic heterocycles. The largest absolute Gasteiger partial charge is 0.353 e. The minimum atomic E-state index is -0.398. The van der Waals surface area contributed by atoms with E-state index in [4.69, 9.17) is 0 Å². The van der Waals surface area contributed by atoms with E-state index in [1.54, 1.807) is 29.4 Å². The lowest BCUT2D eigenvalue weighted by molar-refractivity contribution is -0.128. The Hall–Kier alpha value is -2.11. The van der Waals surface area contributed by atoms with Crippen LogP contribution in [0.5, 0.6) is 0 Å². The first-order valence-corrected chi connectivity index (χ1v) is 6.83. The molecule has 6 nitrogen and oxygen atoms in total. The van der Waals surface area contributed by atoms with E-state index >= 15 is 0 Å². The number of hydrogen-bond acceptors (Lipinski definition) is 3. The highest BCUT2D eigenvalue weighted by atomic mass is 16.2. The van der Waals surface area contributed by atoms with Crippen LogP contribution >= 0.6 is 0 Å². The highest BCUT2D eigenvalue weighted by Crippen LogP contribution is 2.16. The number of carbonyl (C=O) groups excluding carboxylic acids is 2. The van der Waals surface area contributed by atoms with Crippen LogP contribution in [0.15, 0.2) is 24.5 Å². The highest BCUT2D eigenvalue weighted by molar-refractivity contribution is 5.94. The van der Waals surface area contributed by atoms with Crippen molar-refractivity contribution < 1.29 is 9.59 Å². The zero-order chi connectivity index (χ0) is 14.5. The van der Waals surface area contributed by atoms with Gasteiger partial charge >= 0.3 is 6.03 Å². The quantitative estimate of drug-likeness (QED) is 0.877. The lowest BCUT2D eigenvalue weighted by atomic mass is 10.0. The average Bonchev–Trinajstić information content (AvgIpc) is 2.41. The van der Waals surface area contributed by atoms with E-state index < -0.39 is 6.04 Å². The zero-order valence-corrected chi connectivity index (χ0v) is 11.8. The molecule has 0 aliphatic carbocycles. The van der Waals surface area contributed by atoms with E-state index in [1.807, 2.05) is 13.8 Å². The number of rotatable bonds is 3. The smallest absolute Gasteiger partial charge is 0.322 e. The number of pyridine rings is 1. The van der Waals surface area contributed by atoms with E-state index in [9.17, 15) is 9.59 Å². The van der Waals surface area contributed by atoms with Gasteiger partial charge in [0.05, 0.1) is 0 Å². The van der Waals surface area contributed by atoms with Crippen molar-refractivity contribution in [2.24, 2.45) is 5.92 Å². The van der Waals surface area contributed by atoms with Crippen molar-refractivity contribution in [2.75, 3.05) is 18.4 Å². The van der Waals surface area contributed by atoms with E-state index in [0.29, 0.717) is 31.1 Å². The van der Waals surface area contributed by atoms with Crippen LogP contribution in [-0.2, 0) is 4.79 Å². The van der Waals surface area contributed by atoms with Crippen LogP contribution in [0.3, 0.4) is 0 Å². The Kier molecular flexibility index (Phi) is 4.55. The lowest BCUT2D eigenvalue weighted by Gasteiger charge is -2.35.